The number of alkyl carbamates (subject to hydrolysis) is 1. The molecule has 0 aromatic heterocycles. The molecule has 13 nitrogen and oxygen atoms in total. The molecule has 3 aliphatic heterocycles. The second-order valence-corrected chi connectivity index (χ2v) is 14.2. The van der Waals surface area contributed by atoms with Gasteiger partial charge < -0.3 is 38.6 Å². The zero-order chi connectivity index (χ0) is 37.1. The highest BCUT2D eigenvalue weighted by Gasteiger charge is 2.64. The number of likely N-dealkylation sites (N-methyl/N-ethyl adjacent to an activating group) is 1. The summed E-state index contributed by atoms with van der Waals surface area (Å²) in [5.74, 6) is -1.30. The van der Waals surface area contributed by atoms with Crippen molar-refractivity contribution in [3.63, 3.8) is 0 Å². The average Bonchev–Trinajstić information content (AvgIpc) is 3.76. The number of allylic oxidation sites excluding steroid dienone is 3. The maximum Gasteiger partial charge on any atom is 0.409 e. The van der Waals surface area contributed by atoms with Crippen LogP contribution in [0.25, 0.3) is 0 Å². The molecule has 50 heavy (non-hydrogen) atoms. The van der Waals surface area contributed by atoms with Gasteiger partial charge in [-0.2, -0.15) is 12.6 Å². The van der Waals surface area contributed by atoms with E-state index in [2.05, 4.69) is 17.9 Å². The lowest BCUT2D eigenvalue weighted by molar-refractivity contribution is -0.161. The smallest absolute Gasteiger partial charge is 0.409 e. The number of rotatable bonds is 7. The number of anilines is 1. The van der Waals surface area contributed by atoms with Crippen LogP contribution in [0.2, 0.25) is 5.02 Å². The molecule has 4 bridgehead atoms. The van der Waals surface area contributed by atoms with Crippen molar-refractivity contribution >= 4 is 53.8 Å². The number of aliphatic hydroxyl groups is 1. The normalized spacial score (nSPS) is 32.3. The van der Waals surface area contributed by atoms with Crippen molar-refractivity contribution in [2.75, 3.05) is 39.0 Å². The SMILES string of the molecule is COc1cc2cc(c1Cl)N(C)C(=O)C[C@H](OC(=O)[C@H](C)N(C)C(=O)CCS)[C@]1(C)O[C@H]1[C@H](C)[C@@H]1C[C@@](O)(NC(=O)O1)[C@H](OC)/C=C\C=C(\C)C2. The third-order valence-corrected chi connectivity index (χ3v) is 10.5. The Bertz CT molecular complexity index is 1540. The number of thiol groups is 1. The number of carbonyl (C=O) groups excluding carboxylic acids is 4. The first-order valence-corrected chi connectivity index (χ1v) is 17.5. The van der Waals surface area contributed by atoms with Gasteiger partial charge in [0.1, 0.15) is 40.7 Å². The molecular formula is C35H48ClN3O10S. The highest BCUT2D eigenvalue weighted by Crippen LogP contribution is 2.49. The van der Waals surface area contributed by atoms with E-state index in [0.717, 1.165) is 11.1 Å². The second-order valence-electron chi connectivity index (χ2n) is 13.4. The Morgan fingerprint density at radius 3 is 2.62 bits per heavy atom. The molecule has 3 heterocycles. The molecule has 0 aliphatic carbocycles. The van der Waals surface area contributed by atoms with Gasteiger partial charge in [-0.05, 0) is 50.6 Å². The molecule has 2 saturated heterocycles. The van der Waals surface area contributed by atoms with Crippen LogP contribution in [0.5, 0.6) is 5.75 Å². The van der Waals surface area contributed by atoms with Crippen LogP contribution in [0, 0.1) is 5.92 Å². The van der Waals surface area contributed by atoms with E-state index in [1.165, 1.54) is 38.0 Å². The Hall–Kier alpha value is -3.30. The first-order chi connectivity index (χ1) is 23.5. The molecule has 3 aliphatic rings. The number of hydrogen-bond donors (Lipinski definition) is 3. The number of nitrogens with zero attached hydrogens (tertiary/aromatic N) is 2. The molecule has 8 atom stereocenters. The summed E-state index contributed by atoms with van der Waals surface area (Å²) in [5, 5.41) is 14.4. The third-order valence-electron chi connectivity index (χ3n) is 9.85. The van der Waals surface area contributed by atoms with Crippen LogP contribution in [0.1, 0.15) is 52.5 Å². The van der Waals surface area contributed by atoms with Crippen molar-refractivity contribution in [1.29, 1.82) is 0 Å². The number of epoxide rings is 1. The summed E-state index contributed by atoms with van der Waals surface area (Å²) in [6, 6.07) is 2.60. The molecule has 0 spiro atoms. The minimum absolute atomic E-state index is 0.0489. The number of benzene rings is 1. The molecule has 4 rings (SSSR count). The van der Waals surface area contributed by atoms with Crippen LogP contribution in [0.4, 0.5) is 10.5 Å². The van der Waals surface area contributed by atoms with Crippen molar-refractivity contribution in [3.8, 4) is 5.75 Å². The minimum Gasteiger partial charge on any atom is -0.495 e. The number of carbonyl (C=O) groups is 4. The van der Waals surface area contributed by atoms with Gasteiger partial charge in [-0.3, -0.25) is 14.9 Å². The highest BCUT2D eigenvalue weighted by molar-refractivity contribution is 7.80. The number of fused-ring (bicyclic) bond motifs is 5. The topological polar surface area (TPSA) is 156 Å². The predicted molar refractivity (Wildman–Crippen MR) is 189 cm³/mol. The van der Waals surface area contributed by atoms with Gasteiger partial charge in [0.15, 0.2) is 5.72 Å². The van der Waals surface area contributed by atoms with E-state index in [1.807, 2.05) is 13.0 Å². The van der Waals surface area contributed by atoms with Gasteiger partial charge in [0.2, 0.25) is 11.8 Å². The quantitative estimate of drug-likeness (QED) is 0.214. The van der Waals surface area contributed by atoms with Gasteiger partial charge in [-0.1, -0.05) is 42.3 Å². The fourth-order valence-electron chi connectivity index (χ4n) is 6.49. The van der Waals surface area contributed by atoms with Gasteiger partial charge in [0.05, 0.1) is 25.3 Å². The molecule has 1 aromatic rings. The summed E-state index contributed by atoms with van der Waals surface area (Å²) in [6.45, 7) is 6.96. The standard InChI is InChI=1S/C35H48ClN3O10S/c1-19-10-9-11-26(46-8)35(44)18-25(47-33(43)37-35)20(2)31-34(4,49-31)27(48-32(42)21(3)38(5)28(40)12-13-50)17-29(41)39(6)23-15-22(14-19)16-24(45-7)30(23)36/h9-11,15-16,20-21,25-27,31,44,50H,12-14,17-18H2,1-8H3,(H,37,43)/b11-9-,19-10-/t20-,21+,25+,26-,27+,31+,34+,35+/m1/s1. The largest absolute Gasteiger partial charge is 0.495 e. The van der Waals surface area contributed by atoms with Gasteiger partial charge in [-0.15, -0.1) is 0 Å². The summed E-state index contributed by atoms with van der Waals surface area (Å²) < 4.78 is 29.0. The van der Waals surface area contributed by atoms with Crippen LogP contribution in [-0.2, 0) is 39.8 Å². The van der Waals surface area contributed by atoms with Crippen molar-refractivity contribution in [2.45, 2.75) is 95.2 Å². The van der Waals surface area contributed by atoms with E-state index in [0.29, 0.717) is 23.6 Å². The van der Waals surface area contributed by atoms with Crippen LogP contribution >= 0.6 is 24.2 Å². The molecular weight excluding hydrogens is 690 g/mol. The highest BCUT2D eigenvalue weighted by atomic mass is 35.5. The van der Waals surface area contributed by atoms with Gasteiger partial charge in [-0.25, -0.2) is 9.59 Å². The number of hydrogen-bond acceptors (Lipinski definition) is 11. The molecule has 15 heteroatoms. The molecule has 0 unspecified atom stereocenters. The summed E-state index contributed by atoms with van der Waals surface area (Å²) >= 11 is 10.8. The first kappa shape index (κ1) is 39.5. The van der Waals surface area contributed by atoms with Crippen LogP contribution in [-0.4, -0.2) is 110 Å². The Balaban J connectivity index is 1.78. The summed E-state index contributed by atoms with van der Waals surface area (Å²) in [7, 11) is 5.98. The minimum atomic E-state index is -1.82. The van der Waals surface area contributed by atoms with Crippen molar-refractivity contribution in [2.24, 2.45) is 5.92 Å². The van der Waals surface area contributed by atoms with E-state index in [1.54, 1.807) is 45.2 Å². The predicted octanol–water partition coefficient (Wildman–Crippen LogP) is 3.83. The number of halogens is 1. The summed E-state index contributed by atoms with van der Waals surface area (Å²) in [6.07, 6.45) is 1.08. The van der Waals surface area contributed by atoms with E-state index in [-0.39, 0.29) is 30.2 Å². The van der Waals surface area contributed by atoms with Crippen LogP contribution < -0.4 is 15.0 Å². The van der Waals surface area contributed by atoms with Crippen molar-refractivity contribution < 1.29 is 48.0 Å². The lowest BCUT2D eigenvalue weighted by Gasteiger charge is -2.42. The van der Waals surface area contributed by atoms with Crippen molar-refractivity contribution in [1.82, 2.24) is 10.2 Å². The molecule has 1 aromatic carbocycles. The lowest BCUT2D eigenvalue weighted by atomic mass is 9.83. The molecule has 0 radical (unpaired) electrons. The Morgan fingerprint density at radius 1 is 1.28 bits per heavy atom. The Kier molecular flexibility index (Phi) is 12.6. The third kappa shape index (κ3) is 8.42. The van der Waals surface area contributed by atoms with E-state index >= 15 is 0 Å². The van der Waals surface area contributed by atoms with Crippen molar-refractivity contribution in [3.05, 3.63) is 46.5 Å². The molecule has 2 fully saturated rings. The maximum absolute atomic E-state index is 14.0. The second kappa shape index (κ2) is 15.9. The lowest BCUT2D eigenvalue weighted by Crippen LogP contribution is -2.63. The maximum atomic E-state index is 14.0. The van der Waals surface area contributed by atoms with E-state index in [9.17, 15) is 24.3 Å². The molecule has 0 saturated carbocycles. The average molecular weight is 738 g/mol. The fraction of sp³-hybridized carbons (Fsp3) is 0.600. The monoisotopic (exact) mass is 737 g/mol. The zero-order valence-corrected chi connectivity index (χ0v) is 31.4. The number of esters is 1. The summed E-state index contributed by atoms with van der Waals surface area (Å²) in [5.41, 5.74) is -0.903. The van der Waals surface area contributed by atoms with Crippen LogP contribution in [0.15, 0.2) is 35.9 Å². The number of nitrogens with one attached hydrogen (secondary N) is 1. The Morgan fingerprint density at radius 2 is 1.98 bits per heavy atom. The van der Waals surface area contributed by atoms with E-state index < -0.39 is 65.7 Å². The number of ether oxygens (including phenoxy) is 5. The first-order valence-electron chi connectivity index (χ1n) is 16.4. The number of methoxy groups -OCH3 is 2. The zero-order valence-electron chi connectivity index (χ0n) is 29.7. The number of amides is 3. The van der Waals surface area contributed by atoms with Gasteiger partial charge in [0, 0.05) is 40.0 Å². The molecule has 3 amide bonds. The van der Waals surface area contributed by atoms with Gasteiger partial charge in [0.25, 0.3) is 0 Å². The Labute approximate surface area is 303 Å². The van der Waals surface area contributed by atoms with Crippen LogP contribution in [0.3, 0.4) is 0 Å². The van der Waals surface area contributed by atoms with E-state index in [4.69, 9.17) is 35.3 Å². The van der Waals surface area contributed by atoms with Gasteiger partial charge >= 0.3 is 12.1 Å². The molecule has 276 valence electrons. The fourth-order valence-corrected chi connectivity index (χ4v) is 6.99. The molecule has 2 N–H and O–H groups in total. The summed E-state index contributed by atoms with van der Waals surface area (Å²) in [4.78, 5) is 55.6.